The first kappa shape index (κ1) is 12.6. The van der Waals surface area contributed by atoms with E-state index in [0.717, 1.165) is 0 Å². The normalized spacial score (nSPS) is 12.6. The highest BCUT2D eigenvalue weighted by molar-refractivity contribution is 5.37. The number of phenols is 1. The van der Waals surface area contributed by atoms with Gasteiger partial charge in [0.1, 0.15) is 5.75 Å². The fraction of sp³-hybridized carbons (Fsp3) is 0.273. The minimum Gasteiger partial charge on any atom is -0.507 e. The molecule has 0 bridgehead atoms. The molecule has 0 heterocycles. The largest absolute Gasteiger partial charge is 0.507 e. The summed E-state index contributed by atoms with van der Waals surface area (Å²) in [5.74, 6) is -5.22. The minimum absolute atomic E-state index is 0.176. The molecule has 16 heavy (non-hydrogen) atoms. The Bertz CT molecular complexity index is 432. The third-order valence-electron chi connectivity index (χ3n) is 2.12. The molecule has 0 radical (unpaired) electrons. The smallest absolute Gasteiger partial charge is 0.195 e. The molecular formula is C11H12F3NO. The summed E-state index contributed by atoms with van der Waals surface area (Å²) in [4.78, 5) is 0. The van der Waals surface area contributed by atoms with Crippen molar-refractivity contribution in [1.29, 1.82) is 0 Å². The zero-order chi connectivity index (χ0) is 12.5. The van der Waals surface area contributed by atoms with Gasteiger partial charge in [-0.1, -0.05) is 5.57 Å². The molecule has 1 aromatic rings. The van der Waals surface area contributed by atoms with Gasteiger partial charge in [-0.05, 0) is 13.3 Å². The van der Waals surface area contributed by atoms with Gasteiger partial charge in [-0.2, -0.15) is 0 Å². The van der Waals surface area contributed by atoms with Gasteiger partial charge < -0.3 is 10.8 Å². The molecule has 3 N–H and O–H groups in total. The Labute approximate surface area is 91.2 Å². The summed E-state index contributed by atoms with van der Waals surface area (Å²) < 4.78 is 39.0. The second-order valence-electron chi connectivity index (χ2n) is 3.69. The Morgan fingerprint density at radius 2 is 2.00 bits per heavy atom. The lowest BCUT2D eigenvalue weighted by molar-refractivity contribution is 0.400. The average Bonchev–Trinajstić information content (AvgIpc) is 2.13. The zero-order valence-electron chi connectivity index (χ0n) is 8.73. The van der Waals surface area contributed by atoms with Crippen LogP contribution in [0.1, 0.15) is 24.9 Å². The van der Waals surface area contributed by atoms with Gasteiger partial charge in [0.05, 0.1) is 0 Å². The van der Waals surface area contributed by atoms with Gasteiger partial charge in [-0.3, -0.25) is 0 Å². The van der Waals surface area contributed by atoms with Crippen LogP contribution < -0.4 is 5.73 Å². The number of rotatable bonds is 3. The number of hydrogen-bond donors (Lipinski definition) is 2. The van der Waals surface area contributed by atoms with Gasteiger partial charge in [0.25, 0.3) is 0 Å². The minimum atomic E-state index is -1.63. The van der Waals surface area contributed by atoms with Crippen LogP contribution >= 0.6 is 0 Å². The van der Waals surface area contributed by atoms with E-state index >= 15 is 0 Å². The second-order valence-corrected chi connectivity index (χ2v) is 3.69. The topological polar surface area (TPSA) is 46.2 Å². The highest BCUT2D eigenvalue weighted by atomic mass is 19.2. The predicted octanol–water partition coefficient (Wildman–Crippen LogP) is 2.78. The molecule has 0 unspecified atom stereocenters. The SMILES string of the molecule is C=C(C)C[C@H](N)c1c(O)cc(F)c(F)c1F. The van der Waals surface area contributed by atoms with E-state index < -0.39 is 34.8 Å². The molecule has 88 valence electrons. The van der Waals surface area contributed by atoms with Crippen LogP contribution in [-0.4, -0.2) is 5.11 Å². The zero-order valence-corrected chi connectivity index (χ0v) is 8.73. The van der Waals surface area contributed by atoms with Crippen LogP contribution in [0, 0.1) is 17.5 Å². The molecule has 2 nitrogen and oxygen atoms in total. The Morgan fingerprint density at radius 3 is 2.50 bits per heavy atom. The Balaban J connectivity index is 3.23. The van der Waals surface area contributed by atoms with E-state index in [4.69, 9.17) is 5.73 Å². The Kier molecular flexibility index (Phi) is 3.59. The van der Waals surface area contributed by atoms with E-state index in [0.29, 0.717) is 11.6 Å². The van der Waals surface area contributed by atoms with Gasteiger partial charge in [0.15, 0.2) is 17.5 Å². The standard InChI is InChI=1S/C11H12F3NO/c1-5(2)3-7(15)9-8(16)4-6(12)10(13)11(9)14/h4,7,16H,1,3,15H2,2H3/t7-/m0/s1. The first-order valence-electron chi connectivity index (χ1n) is 4.61. The summed E-state index contributed by atoms with van der Waals surface area (Å²) in [7, 11) is 0. The molecule has 0 saturated carbocycles. The van der Waals surface area contributed by atoms with Crippen molar-refractivity contribution in [2.24, 2.45) is 5.73 Å². The third-order valence-corrected chi connectivity index (χ3v) is 2.12. The predicted molar refractivity (Wildman–Crippen MR) is 54.3 cm³/mol. The number of aromatic hydroxyl groups is 1. The Hall–Kier alpha value is -1.49. The van der Waals surface area contributed by atoms with Crippen LogP contribution in [0.2, 0.25) is 0 Å². The van der Waals surface area contributed by atoms with E-state index in [1.165, 1.54) is 0 Å². The highest BCUT2D eigenvalue weighted by Gasteiger charge is 2.22. The van der Waals surface area contributed by atoms with Crippen molar-refractivity contribution < 1.29 is 18.3 Å². The van der Waals surface area contributed by atoms with Gasteiger partial charge in [0.2, 0.25) is 0 Å². The number of hydrogen-bond acceptors (Lipinski definition) is 2. The first-order valence-corrected chi connectivity index (χ1v) is 4.61. The fourth-order valence-corrected chi connectivity index (χ4v) is 1.43. The number of nitrogens with two attached hydrogens (primary N) is 1. The fourth-order valence-electron chi connectivity index (χ4n) is 1.43. The summed E-state index contributed by atoms with van der Waals surface area (Å²) >= 11 is 0. The molecule has 1 aromatic carbocycles. The van der Waals surface area contributed by atoms with E-state index in [9.17, 15) is 18.3 Å². The maximum Gasteiger partial charge on any atom is 0.195 e. The van der Waals surface area contributed by atoms with Crippen LogP contribution in [0.4, 0.5) is 13.2 Å². The molecule has 1 rings (SSSR count). The first-order chi connectivity index (χ1) is 7.34. The van der Waals surface area contributed by atoms with Crippen LogP contribution in [0.3, 0.4) is 0 Å². The van der Waals surface area contributed by atoms with Gasteiger partial charge in [-0.15, -0.1) is 6.58 Å². The quantitative estimate of drug-likeness (QED) is 0.620. The summed E-state index contributed by atoms with van der Waals surface area (Å²) in [5.41, 5.74) is 5.79. The summed E-state index contributed by atoms with van der Waals surface area (Å²) in [6, 6.07) is -0.445. The lowest BCUT2D eigenvalue weighted by Crippen LogP contribution is -2.14. The molecule has 0 aliphatic rings. The van der Waals surface area contributed by atoms with Crippen molar-refractivity contribution >= 4 is 0 Å². The number of halogens is 3. The molecule has 1 atom stereocenters. The van der Waals surface area contributed by atoms with Crippen LogP contribution in [0.5, 0.6) is 5.75 Å². The molecule has 0 amide bonds. The number of phenolic OH excluding ortho intramolecular Hbond substituents is 1. The van der Waals surface area contributed by atoms with Gasteiger partial charge in [-0.25, -0.2) is 13.2 Å². The monoisotopic (exact) mass is 231 g/mol. The van der Waals surface area contributed by atoms with Crippen LogP contribution in [0.15, 0.2) is 18.2 Å². The van der Waals surface area contributed by atoms with Crippen LogP contribution in [0.25, 0.3) is 0 Å². The Morgan fingerprint density at radius 1 is 1.44 bits per heavy atom. The lowest BCUT2D eigenvalue weighted by atomic mass is 9.99. The van der Waals surface area contributed by atoms with Gasteiger partial charge >= 0.3 is 0 Å². The average molecular weight is 231 g/mol. The molecule has 0 saturated heterocycles. The van der Waals surface area contributed by atoms with Crippen molar-refractivity contribution in [3.05, 3.63) is 41.2 Å². The summed E-state index contributed by atoms with van der Waals surface area (Å²) in [6.45, 7) is 5.23. The molecular weight excluding hydrogens is 219 g/mol. The lowest BCUT2D eigenvalue weighted by Gasteiger charge is -2.15. The highest BCUT2D eigenvalue weighted by Crippen LogP contribution is 2.31. The van der Waals surface area contributed by atoms with E-state index in [1.54, 1.807) is 6.92 Å². The maximum absolute atomic E-state index is 13.3. The van der Waals surface area contributed by atoms with E-state index in [2.05, 4.69) is 6.58 Å². The van der Waals surface area contributed by atoms with Crippen LogP contribution in [-0.2, 0) is 0 Å². The van der Waals surface area contributed by atoms with Crippen molar-refractivity contribution in [3.8, 4) is 5.75 Å². The molecule has 0 aliphatic heterocycles. The molecule has 0 aliphatic carbocycles. The molecule has 0 spiro atoms. The van der Waals surface area contributed by atoms with E-state index in [1.807, 2.05) is 0 Å². The van der Waals surface area contributed by atoms with Crippen molar-refractivity contribution in [3.63, 3.8) is 0 Å². The van der Waals surface area contributed by atoms with E-state index in [-0.39, 0.29) is 6.42 Å². The number of benzene rings is 1. The second kappa shape index (κ2) is 4.57. The van der Waals surface area contributed by atoms with Crippen molar-refractivity contribution in [2.45, 2.75) is 19.4 Å². The van der Waals surface area contributed by atoms with Gasteiger partial charge in [0, 0.05) is 17.7 Å². The molecule has 5 heteroatoms. The van der Waals surface area contributed by atoms with Crippen molar-refractivity contribution in [2.75, 3.05) is 0 Å². The maximum atomic E-state index is 13.3. The third kappa shape index (κ3) is 2.36. The summed E-state index contributed by atoms with van der Waals surface area (Å²) in [6.07, 6.45) is 0.176. The molecule has 0 fully saturated rings. The van der Waals surface area contributed by atoms with Crippen molar-refractivity contribution in [1.82, 2.24) is 0 Å². The summed E-state index contributed by atoms with van der Waals surface area (Å²) in [5, 5.41) is 9.32. The molecule has 0 aromatic heterocycles.